The highest BCUT2D eigenvalue weighted by molar-refractivity contribution is 7.99. The van der Waals surface area contributed by atoms with E-state index >= 15 is 0 Å². The van der Waals surface area contributed by atoms with Crippen molar-refractivity contribution >= 4 is 45.9 Å². The van der Waals surface area contributed by atoms with Gasteiger partial charge in [-0.2, -0.15) is 0 Å². The van der Waals surface area contributed by atoms with Gasteiger partial charge in [-0.1, -0.05) is 17.7 Å². The van der Waals surface area contributed by atoms with Crippen molar-refractivity contribution in [1.29, 1.82) is 0 Å². The Kier molecular flexibility index (Phi) is 6.31. The minimum atomic E-state index is -0.166. The molecule has 3 rings (SSSR count). The number of benzene rings is 2. The smallest absolute Gasteiger partial charge is 0.234 e. The van der Waals surface area contributed by atoms with Gasteiger partial charge in [-0.3, -0.25) is 9.59 Å². The first-order valence-corrected chi connectivity index (χ1v) is 10.2. The number of anilines is 1. The number of thioether (sulfide) groups is 1. The Morgan fingerprint density at radius 1 is 1.21 bits per heavy atom. The van der Waals surface area contributed by atoms with Gasteiger partial charge in [0, 0.05) is 27.9 Å². The van der Waals surface area contributed by atoms with Gasteiger partial charge in [-0.15, -0.1) is 11.8 Å². The number of nitrogens with one attached hydrogen (secondary N) is 2. The fraction of sp³-hybridized carbons (Fsp3) is 0.238. The zero-order valence-corrected chi connectivity index (χ0v) is 17.5. The van der Waals surface area contributed by atoms with Gasteiger partial charge in [0.05, 0.1) is 24.1 Å². The molecule has 1 heterocycles. The van der Waals surface area contributed by atoms with Gasteiger partial charge in [-0.05, 0) is 49.2 Å². The summed E-state index contributed by atoms with van der Waals surface area (Å²) in [5, 5.41) is 4.01. The molecule has 5 nitrogen and oxygen atoms in total. The molecular formula is C21H21ClN2O3S. The van der Waals surface area contributed by atoms with Crippen LogP contribution < -0.4 is 15.5 Å². The zero-order valence-electron chi connectivity index (χ0n) is 15.9. The number of methoxy groups -OCH3 is 1. The van der Waals surface area contributed by atoms with Crippen molar-refractivity contribution in [2.45, 2.75) is 19.6 Å². The average molecular weight is 417 g/mol. The molecule has 0 unspecified atom stereocenters. The molecule has 0 aliphatic rings. The lowest BCUT2D eigenvalue weighted by Crippen LogP contribution is -2.15. The fourth-order valence-electron chi connectivity index (χ4n) is 3.06. The predicted molar refractivity (Wildman–Crippen MR) is 117 cm³/mol. The number of fused-ring (bicyclic) bond motifs is 1. The van der Waals surface area contributed by atoms with Crippen molar-refractivity contribution in [3.63, 3.8) is 0 Å². The first-order valence-electron chi connectivity index (χ1n) is 8.71. The molecule has 0 spiro atoms. The molecule has 0 fully saturated rings. The average Bonchev–Trinajstić information content (AvgIpc) is 2.63. The monoisotopic (exact) mass is 416 g/mol. The Morgan fingerprint density at radius 3 is 2.75 bits per heavy atom. The van der Waals surface area contributed by atoms with Crippen LogP contribution in [0.25, 0.3) is 10.9 Å². The molecule has 146 valence electrons. The Hall–Kier alpha value is -2.44. The Morgan fingerprint density at radius 2 is 2.00 bits per heavy atom. The number of ether oxygens (including phenoxy) is 1. The number of aromatic nitrogens is 1. The highest BCUT2D eigenvalue weighted by Gasteiger charge is 2.10. The summed E-state index contributed by atoms with van der Waals surface area (Å²) >= 11 is 7.40. The topological polar surface area (TPSA) is 71.2 Å². The van der Waals surface area contributed by atoms with E-state index in [9.17, 15) is 9.59 Å². The maximum atomic E-state index is 12.4. The summed E-state index contributed by atoms with van der Waals surface area (Å²) < 4.78 is 5.23. The predicted octanol–water partition coefficient (Wildman–Crippen LogP) is 4.68. The van der Waals surface area contributed by atoms with E-state index in [0.717, 1.165) is 22.3 Å². The van der Waals surface area contributed by atoms with Crippen molar-refractivity contribution in [1.82, 2.24) is 4.98 Å². The van der Waals surface area contributed by atoms with Crippen LogP contribution in [0.4, 0.5) is 5.69 Å². The largest absolute Gasteiger partial charge is 0.495 e. The van der Waals surface area contributed by atoms with Crippen LogP contribution in [-0.4, -0.2) is 23.8 Å². The molecule has 2 aromatic carbocycles. The van der Waals surface area contributed by atoms with Crippen LogP contribution in [-0.2, 0) is 10.5 Å². The van der Waals surface area contributed by atoms with Gasteiger partial charge >= 0.3 is 0 Å². The van der Waals surface area contributed by atoms with Crippen molar-refractivity contribution < 1.29 is 9.53 Å². The van der Waals surface area contributed by atoms with E-state index in [2.05, 4.69) is 10.3 Å². The van der Waals surface area contributed by atoms with E-state index in [1.165, 1.54) is 18.9 Å². The fourth-order valence-corrected chi connectivity index (χ4v) is 3.96. The van der Waals surface area contributed by atoms with Crippen LogP contribution in [0.15, 0.2) is 41.2 Å². The SMILES string of the molecule is COc1ccc(Cl)cc1NC(=O)CSCc1cc(=O)c2cc(C)cc(C)c2[nH]1. The third-order valence-electron chi connectivity index (χ3n) is 4.26. The molecule has 28 heavy (non-hydrogen) atoms. The van der Waals surface area contributed by atoms with Gasteiger partial charge in [0.15, 0.2) is 5.43 Å². The Labute approximate surface area is 172 Å². The van der Waals surface area contributed by atoms with Crippen molar-refractivity contribution in [3.05, 3.63) is 68.5 Å². The number of rotatable bonds is 6. The number of halogens is 1. The van der Waals surface area contributed by atoms with Gasteiger partial charge in [0.2, 0.25) is 5.91 Å². The van der Waals surface area contributed by atoms with Gasteiger partial charge < -0.3 is 15.0 Å². The van der Waals surface area contributed by atoms with E-state index in [1.54, 1.807) is 24.3 Å². The second-order valence-corrected chi connectivity index (χ2v) is 7.97. The molecule has 1 amide bonds. The lowest BCUT2D eigenvalue weighted by atomic mass is 10.1. The molecule has 1 aromatic heterocycles. The van der Waals surface area contributed by atoms with Crippen LogP contribution in [0.3, 0.4) is 0 Å². The van der Waals surface area contributed by atoms with Crippen molar-refractivity contribution in [3.8, 4) is 5.75 Å². The molecule has 3 aromatic rings. The maximum Gasteiger partial charge on any atom is 0.234 e. The second-order valence-electron chi connectivity index (χ2n) is 6.55. The summed E-state index contributed by atoms with van der Waals surface area (Å²) in [5.41, 5.74) is 4.26. The minimum Gasteiger partial charge on any atom is -0.495 e. The van der Waals surface area contributed by atoms with E-state index in [1.807, 2.05) is 26.0 Å². The van der Waals surface area contributed by atoms with Crippen LogP contribution in [0.1, 0.15) is 16.8 Å². The van der Waals surface area contributed by atoms with Crippen LogP contribution >= 0.6 is 23.4 Å². The summed E-state index contributed by atoms with van der Waals surface area (Å²) in [6.07, 6.45) is 0. The molecule has 2 N–H and O–H groups in total. The molecule has 0 aliphatic heterocycles. The van der Waals surface area contributed by atoms with Gasteiger partial charge in [0.1, 0.15) is 5.75 Å². The van der Waals surface area contributed by atoms with E-state index in [0.29, 0.717) is 27.6 Å². The first kappa shape index (κ1) is 20.3. The molecule has 0 bridgehead atoms. The van der Waals surface area contributed by atoms with Crippen LogP contribution in [0.5, 0.6) is 5.75 Å². The first-order chi connectivity index (χ1) is 13.4. The number of hydrogen-bond acceptors (Lipinski definition) is 4. The van der Waals surface area contributed by atoms with Gasteiger partial charge in [-0.25, -0.2) is 0 Å². The number of aryl methyl sites for hydroxylation is 2. The molecule has 0 radical (unpaired) electrons. The molecule has 7 heteroatoms. The van der Waals surface area contributed by atoms with Crippen LogP contribution in [0.2, 0.25) is 5.02 Å². The molecule has 0 aliphatic carbocycles. The standard InChI is InChI=1S/C21H21ClN2O3S/c1-12-6-13(2)21-16(7-12)18(25)9-15(23-21)10-28-11-20(26)24-17-8-14(22)4-5-19(17)27-3/h4-9H,10-11H2,1-3H3,(H,23,25)(H,24,26). The molecular weight excluding hydrogens is 396 g/mol. The number of H-pyrrole nitrogens is 1. The summed E-state index contributed by atoms with van der Waals surface area (Å²) in [7, 11) is 1.53. The van der Waals surface area contributed by atoms with E-state index in [-0.39, 0.29) is 17.1 Å². The molecule has 0 saturated heterocycles. The number of hydrogen-bond donors (Lipinski definition) is 2. The lowest BCUT2D eigenvalue weighted by Gasteiger charge is -2.11. The second kappa shape index (κ2) is 8.71. The van der Waals surface area contributed by atoms with Crippen molar-refractivity contribution in [2.24, 2.45) is 0 Å². The van der Waals surface area contributed by atoms with E-state index in [4.69, 9.17) is 16.3 Å². The summed E-state index contributed by atoms with van der Waals surface area (Å²) in [5.74, 6) is 1.15. The zero-order chi connectivity index (χ0) is 20.3. The van der Waals surface area contributed by atoms with Crippen molar-refractivity contribution in [2.75, 3.05) is 18.2 Å². The Balaban J connectivity index is 1.66. The number of carbonyl (C=O) groups excluding carboxylic acids is 1. The number of pyridine rings is 1. The molecule has 0 saturated carbocycles. The van der Waals surface area contributed by atoms with Crippen LogP contribution in [0, 0.1) is 13.8 Å². The number of carbonyl (C=O) groups is 1. The normalized spacial score (nSPS) is 10.9. The third kappa shape index (κ3) is 4.69. The highest BCUT2D eigenvalue weighted by atomic mass is 35.5. The van der Waals surface area contributed by atoms with E-state index < -0.39 is 0 Å². The quantitative estimate of drug-likeness (QED) is 0.612. The maximum absolute atomic E-state index is 12.4. The Bertz CT molecular complexity index is 1090. The lowest BCUT2D eigenvalue weighted by molar-refractivity contribution is -0.113. The third-order valence-corrected chi connectivity index (χ3v) is 5.48. The summed E-state index contributed by atoms with van der Waals surface area (Å²) in [4.78, 5) is 28.0. The minimum absolute atomic E-state index is 0.00994. The summed E-state index contributed by atoms with van der Waals surface area (Å²) in [6.45, 7) is 3.96. The number of amides is 1. The summed E-state index contributed by atoms with van der Waals surface area (Å²) in [6, 6.07) is 10.6. The number of aromatic amines is 1. The van der Waals surface area contributed by atoms with Gasteiger partial charge in [0.25, 0.3) is 0 Å². The highest BCUT2D eigenvalue weighted by Crippen LogP contribution is 2.28. The molecule has 0 atom stereocenters.